The fourth-order valence-electron chi connectivity index (χ4n) is 4.39. The predicted molar refractivity (Wildman–Crippen MR) is 120 cm³/mol. The minimum atomic E-state index is -0.796. The van der Waals surface area contributed by atoms with Gasteiger partial charge in [-0.1, -0.05) is 13.0 Å². The fourth-order valence-corrected chi connectivity index (χ4v) is 4.39. The van der Waals surface area contributed by atoms with Gasteiger partial charge in [-0.25, -0.2) is 4.98 Å². The summed E-state index contributed by atoms with van der Waals surface area (Å²) in [7, 11) is 1.61. The molecule has 3 aromatic rings. The molecule has 1 aromatic carbocycles. The molecule has 0 spiro atoms. The zero-order valence-electron chi connectivity index (χ0n) is 17.9. The van der Waals surface area contributed by atoms with Gasteiger partial charge in [-0.3, -0.25) is 9.59 Å². The Morgan fingerprint density at radius 1 is 1.32 bits per heavy atom. The molecule has 0 fully saturated rings. The van der Waals surface area contributed by atoms with Gasteiger partial charge in [0.1, 0.15) is 0 Å². The van der Waals surface area contributed by atoms with Crippen LogP contribution >= 0.6 is 0 Å². The third-order valence-electron chi connectivity index (χ3n) is 6.20. The Balaban J connectivity index is 1.81. The number of ether oxygens (including phenoxy) is 1. The summed E-state index contributed by atoms with van der Waals surface area (Å²) in [6, 6.07) is 9.66. The lowest BCUT2D eigenvalue weighted by atomic mass is 9.94. The van der Waals surface area contributed by atoms with Crippen molar-refractivity contribution in [1.82, 2.24) is 9.55 Å². The number of hydrogen-bond acceptors (Lipinski definition) is 5. The first-order valence-electron chi connectivity index (χ1n) is 10.6. The van der Waals surface area contributed by atoms with Crippen LogP contribution < -0.4 is 11.3 Å². The van der Waals surface area contributed by atoms with E-state index in [9.17, 15) is 14.7 Å². The molecule has 1 atom stereocenters. The van der Waals surface area contributed by atoms with Crippen LogP contribution in [0.25, 0.3) is 22.3 Å². The highest BCUT2D eigenvalue weighted by molar-refractivity contribution is 5.93. The molecule has 0 aliphatic carbocycles. The Kier molecular flexibility index (Phi) is 5.78. The van der Waals surface area contributed by atoms with Crippen molar-refractivity contribution in [3.05, 3.63) is 57.4 Å². The Bertz CT molecular complexity index is 1220. The van der Waals surface area contributed by atoms with Crippen LogP contribution in [-0.2, 0) is 28.9 Å². The van der Waals surface area contributed by atoms with Crippen LogP contribution in [0.5, 0.6) is 0 Å². The van der Waals surface area contributed by atoms with E-state index < -0.39 is 11.9 Å². The average Bonchev–Trinajstić information content (AvgIpc) is 3.10. The lowest BCUT2D eigenvalue weighted by Gasteiger charge is -2.15. The van der Waals surface area contributed by atoms with E-state index in [4.69, 9.17) is 15.5 Å². The number of pyridine rings is 2. The minimum Gasteiger partial charge on any atom is -0.481 e. The first-order valence-corrected chi connectivity index (χ1v) is 10.6. The van der Waals surface area contributed by atoms with Crippen molar-refractivity contribution < 1.29 is 14.6 Å². The number of carboxylic acids is 1. The van der Waals surface area contributed by atoms with Crippen LogP contribution in [0.4, 0.5) is 5.69 Å². The highest BCUT2D eigenvalue weighted by Gasteiger charge is 2.26. The number of aliphatic carboxylic acids is 1. The van der Waals surface area contributed by atoms with Crippen LogP contribution in [0, 0.1) is 5.92 Å². The molecule has 3 heterocycles. The van der Waals surface area contributed by atoms with Crippen molar-refractivity contribution in [2.75, 3.05) is 19.5 Å². The number of hydrogen-bond donors (Lipinski definition) is 2. The van der Waals surface area contributed by atoms with Crippen LogP contribution in [0.1, 0.15) is 36.5 Å². The topological polar surface area (TPSA) is 107 Å². The van der Waals surface area contributed by atoms with E-state index in [2.05, 4.69) is 0 Å². The summed E-state index contributed by atoms with van der Waals surface area (Å²) in [5.74, 6) is -1.22. The van der Waals surface area contributed by atoms with Gasteiger partial charge in [0.25, 0.3) is 5.56 Å². The number of fused-ring (bicyclic) bond motifs is 4. The third kappa shape index (κ3) is 3.81. The number of benzene rings is 1. The Labute approximate surface area is 180 Å². The van der Waals surface area contributed by atoms with E-state index in [1.807, 2.05) is 37.3 Å². The summed E-state index contributed by atoms with van der Waals surface area (Å²) >= 11 is 0. The number of anilines is 1. The monoisotopic (exact) mass is 421 g/mol. The molecule has 1 unspecified atom stereocenters. The first kappa shape index (κ1) is 21.1. The lowest BCUT2D eigenvalue weighted by molar-refractivity contribution is -0.142. The zero-order chi connectivity index (χ0) is 22.1. The standard InChI is InChI=1S/C24H27N3O4/c1-3-14(24(29)30)7-8-15-12-21-22-16(11-18-19(25)5-4-6-20(18)26-22)13-27(21)23(28)17(15)9-10-31-2/h4-6,11-12,14H,3,7-10,13,25H2,1-2H3,(H,29,30). The fraction of sp³-hybridized carbons (Fsp3) is 0.375. The van der Waals surface area contributed by atoms with Crippen LogP contribution in [0.2, 0.25) is 0 Å². The van der Waals surface area contributed by atoms with Crippen LogP contribution in [0.15, 0.2) is 35.1 Å². The van der Waals surface area contributed by atoms with E-state index in [-0.39, 0.29) is 5.56 Å². The number of aromatic nitrogens is 2. The van der Waals surface area contributed by atoms with E-state index in [1.165, 1.54) is 0 Å². The summed E-state index contributed by atoms with van der Waals surface area (Å²) in [5, 5.41) is 10.3. The Hall–Kier alpha value is -3.19. The number of nitrogens with zero attached hydrogens (tertiary/aromatic N) is 2. The van der Waals surface area contributed by atoms with Crippen molar-refractivity contribution in [2.45, 2.75) is 39.2 Å². The number of carboxylic acid groups (broad SMARTS) is 1. The van der Waals surface area contributed by atoms with Crippen molar-refractivity contribution >= 4 is 22.6 Å². The van der Waals surface area contributed by atoms with Gasteiger partial charge in [-0.2, -0.15) is 0 Å². The van der Waals surface area contributed by atoms with E-state index in [0.29, 0.717) is 50.1 Å². The summed E-state index contributed by atoms with van der Waals surface area (Å²) in [6.45, 7) is 2.76. The zero-order valence-corrected chi connectivity index (χ0v) is 17.9. The van der Waals surface area contributed by atoms with E-state index in [1.54, 1.807) is 11.7 Å². The average molecular weight is 421 g/mol. The largest absolute Gasteiger partial charge is 0.481 e. The SMILES string of the molecule is CCC(CCc1cc2n(c(=O)c1CCOC)Cc1cc3c(N)cccc3nc1-2)C(=O)O. The molecule has 7 nitrogen and oxygen atoms in total. The highest BCUT2D eigenvalue weighted by Crippen LogP contribution is 2.34. The number of aryl methyl sites for hydroxylation is 1. The predicted octanol–water partition coefficient (Wildman–Crippen LogP) is 3.24. The number of nitrogen functional groups attached to an aromatic ring is 1. The minimum absolute atomic E-state index is 0.0528. The number of methoxy groups -OCH3 is 1. The Morgan fingerprint density at radius 2 is 2.13 bits per heavy atom. The maximum atomic E-state index is 13.4. The normalized spacial score (nSPS) is 13.2. The molecule has 2 aromatic heterocycles. The molecule has 7 heteroatoms. The molecule has 162 valence electrons. The molecule has 0 saturated heterocycles. The molecule has 0 saturated carbocycles. The number of rotatable bonds is 8. The molecule has 0 radical (unpaired) electrons. The molecule has 31 heavy (non-hydrogen) atoms. The smallest absolute Gasteiger partial charge is 0.306 e. The second kappa shape index (κ2) is 8.51. The van der Waals surface area contributed by atoms with Crippen molar-refractivity contribution in [2.24, 2.45) is 5.92 Å². The quantitative estimate of drug-likeness (QED) is 0.423. The molecule has 3 N–H and O–H groups in total. The van der Waals surface area contributed by atoms with Gasteiger partial charge in [-0.15, -0.1) is 0 Å². The number of nitrogens with two attached hydrogens (primary N) is 1. The molecular formula is C24H27N3O4. The van der Waals surface area contributed by atoms with E-state index >= 15 is 0 Å². The lowest BCUT2D eigenvalue weighted by Crippen LogP contribution is -2.26. The van der Waals surface area contributed by atoms with Gasteiger partial charge in [0.15, 0.2) is 0 Å². The van der Waals surface area contributed by atoms with Gasteiger partial charge < -0.3 is 20.1 Å². The van der Waals surface area contributed by atoms with E-state index in [0.717, 1.165) is 33.4 Å². The van der Waals surface area contributed by atoms with Gasteiger partial charge in [0.2, 0.25) is 0 Å². The molecular weight excluding hydrogens is 394 g/mol. The summed E-state index contributed by atoms with van der Waals surface area (Å²) in [6.07, 6.45) is 2.07. The second-order valence-corrected chi connectivity index (χ2v) is 8.06. The third-order valence-corrected chi connectivity index (χ3v) is 6.20. The molecule has 1 aliphatic heterocycles. The van der Waals surface area contributed by atoms with Crippen molar-refractivity contribution in [1.29, 1.82) is 0 Å². The molecule has 0 bridgehead atoms. The van der Waals surface area contributed by atoms with Gasteiger partial charge in [0, 0.05) is 35.7 Å². The van der Waals surface area contributed by atoms with Crippen LogP contribution in [-0.4, -0.2) is 34.3 Å². The molecule has 1 aliphatic rings. The van der Waals surface area contributed by atoms with Gasteiger partial charge >= 0.3 is 5.97 Å². The summed E-state index contributed by atoms with van der Waals surface area (Å²) < 4.78 is 6.98. The molecule has 4 rings (SSSR count). The maximum Gasteiger partial charge on any atom is 0.306 e. The van der Waals surface area contributed by atoms with Gasteiger partial charge in [-0.05, 0) is 49.1 Å². The second-order valence-electron chi connectivity index (χ2n) is 8.06. The summed E-state index contributed by atoms with van der Waals surface area (Å²) in [4.78, 5) is 29.7. The van der Waals surface area contributed by atoms with Crippen molar-refractivity contribution in [3.63, 3.8) is 0 Å². The number of carbonyl (C=O) groups is 1. The summed E-state index contributed by atoms with van der Waals surface area (Å²) in [5.41, 5.74) is 11.6. The Morgan fingerprint density at radius 3 is 2.84 bits per heavy atom. The molecule has 0 amide bonds. The highest BCUT2D eigenvalue weighted by atomic mass is 16.5. The van der Waals surface area contributed by atoms with Crippen molar-refractivity contribution in [3.8, 4) is 11.4 Å². The van der Waals surface area contributed by atoms with Crippen LogP contribution in [0.3, 0.4) is 0 Å². The maximum absolute atomic E-state index is 13.4. The van der Waals surface area contributed by atoms with Gasteiger partial charge in [0.05, 0.1) is 36.0 Å². The first-order chi connectivity index (χ1) is 14.9.